The summed E-state index contributed by atoms with van der Waals surface area (Å²) in [6, 6.07) is 0. The van der Waals surface area contributed by atoms with Crippen molar-refractivity contribution in [2.24, 2.45) is 7.05 Å². The molecule has 0 spiro atoms. The van der Waals surface area contributed by atoms with Crippen LogP contribution < -0.4 is 17.0 Å². The van der Waals surface area contributed by atoms with Gasteiger partial charge >= 0.3 is 5.69 Å². The summed E-state index contributed by atoms with van der Waals surface area (Å²) < 4.78 is 2.37. The Balaban J connectivity index is 2.53. The van der Waals surface area contributed by atoms with Crippen molar-refractivity contribution >= 4 is 17.0 Å². The van der Waals surface area contributed by atoms with Crippen LogP contribution in [0, 0.1) is 6.92 Å². The van der Waals surface area contributed by atoms with Gasteiger partial charge in [-0.05, 0) is 6.92 Å². The number of nitrogens with two attached hydrogens (primary N) is 1. The quantitative estimate of drug-likeness (QED) is 0.811. The molecule has 0 saturated carbocycles. The Morgan fingerprint density at radius 1 is 1.47 bits per heavy atom. The van der Waals surface area contributed by atoms with Crippen LogP contribution in [0.3, 0.4) is 0 Å². The lowest BCUT2D eigenvalue weighted by molar-refractivity contribution is 0.636. The minimum absolute atomic E-state index is 0.0547. The van der Waals surface area contributed by atoms with E-state index in [1.54, 1.807) is 7.05 Å². The maximum atomic E-state index is 11.8. The third-order valence-corrected chi connectivity index (χ3v) is 3.17. The summed E-state index contributed by atoms with van der Waals surface area (Å²) in [5, 5.41) is 2.72. The first-order chi connectivity index (χ1) is 7.99. The van der Waals surface area contributed by atoms with E-state index in [9.17, 15) is 9.59 Å². The van der Waals surface area contributed by atoms with E-state index in [0.717, 1.165) is 9.57 Å². The number of hydrogen-bond acceptors (Lipinski definition) is 5. The van der Waals surface area contributed by atoms with E-state index in [-0.39, 0.29) is 12.2 Å². The zero-order valence-corrected chi connectivity index (χ0v) is 10.3. The van der Waals surface area contributed by atoms with Crippen LogP contribution in [0.4, 0.5) is 5.69 Å². The van der Waals surface area contributed by atoms with Crippen molar-refractivity contribution in [2.75, 3.05) is 5.73 Å². The molecule has 0 aromatic carbocycles. The monoisotopic (exact) mass is 252 g/mol. The molecule has 0 aliphatic heterocycles. The van der Waals surface area contributed by atoms with Gasteiger partial charge in [0.25, 0.3) is 5.56 Å². The Hall–Kier alpha value is -1.89. The first kappa shape index (κ1) is 11.6. The second-order valence-electron chi connectivity index (χ2n) is 3.73. The lowest BCUT2D eigenvalue weighted by Gasteiger charge is -2.06. The van der Waals surface area contributed by atoms with E-state index >= 15 is 0 Å². The Morgan fingerprint density at radius 3 is 2.76 bits per heavy atom. The second kappa shape index (κ2) is 4.17. The molecule has 7 heteroatoms. The minimum Gasteiger partial charge on any atom is -0.393 e. The maximum Gasteiger partial charge on any atom is 0.331 e. The van der Waals surface area contributed by atoms with Crippen LogP contribution in [-0.4, -0.2) is 14.1 Å². The van der Waals surface area contributed by atoms with E-state index in [4.69, 9.17) is 5.73 Å². The number of hydrogen-bond donors (Lipinski definition) is 1. The van der Waals surface area contributed by atoms with Crippen molar-refractivity contribution in [3.05, 3.63) is 43.1 Å². The Morgan fingerprint density at radius 2 is 2.18 bits per heavy atom. The van der Waals surface area contributed by atoms with Crippen molar-refractivity contribution in [1.82, 2.24) is 14.1 Å². The van der Waals surface area contributed by atoms with Crippen molar-refractivity contribution in [3.8, 4) is 0 Å². The molecule has 0 saturated heterocycles. The lowest BCUT2D eigenvalue weighted by Crippen LogP contribution is -2.40. The predicted octanol–water partition coefficient (Wildman–Crippen LogP) is -0.0576. The van der Waals surface area contributed by atoms with Crippen LogP contribution >= 0.6 is 11.3 Å². The molecule has 2 rings (SSSR count). The minimum atomic E-state index is -0.473. The lowest BCUT2D eigenvalue weighted by atomic mass is 10.4. The van der Waals surface area contributed by atoms with Crippen LogP contribution in [0.15, 0.2) is 21.2 Å². The van der Waals surface area contributed by atoms with Crippen LogP contribution in [0.5, 0.6) is 0 Å². The van der Waals surface area contributed by atoms with Gasteiger partial charge in [0.2, 0.25) is 0 Å². The second-order valence-corrected chi connectivity index (χ2v) is 4.79. The SMILES string of the molecule is Cc1nc(Cn2c(=O)c(N)cn(C)c2=O)cs1. The number of anilines is 1. The van der Waals surface area contributed by atoms with E-state index in [1.165, 1.54) is 22.1 Å². The summed E-state index contributed by atoms with van der Waals surface area (Å²) >= 11 is 1.48. The molecule has 0 amide bonds. The van der Waals surface area contributed by atoms with E-state index in [0.29, 0.717) is 5.69 Å². The Bertz CT molecular complexity index is 633. The van der Waals surface area contributed by atoms with E-state index < -0.39 is 11.2 Å². The molecule has 2 aromatic heterocycles. The molecule has 0 fully saturated rings. The zero-order valence-electron chi connectivity index (χ0n) is 9.51. The van der Waals surface area contributed by atoms with Gasteiger partial charge in [0, 0.05) is 18.6 Å². The average Bonchev–Trinajstić information content (AvgIpc) is 2.68. The van der Waals surface area contributed by atoms with Gasteiger partial charge in [0.15, 0.2) is 0 Å². The summed E-state index contributed by atoms with van der Waals surface area (Å²) in [7, 11) is 1.56. The van der Waals surface area contributed by atoms with Gasteiger partial charge in [-0.3, -0.25) is 9.36 Å². The fourth-order valence-corrected chi connectivity index (χ4v) is 2.14. The first-order valence-electron chi connectivity index (χ1n) is 4.96. The van der Waals surface area contributed by atoms with Crippen molar-refractivity contribution in [2.45, 2.75) is 13.5 Å². The molecule has 90 valence electrons. The number of nitrogen functional groups attached to an aromatic ring is 1. The summed E-state index contributed by atoms with van der Waals surface area (Å²) in [6.07, 6.45) is 1.33. The molecule has 2 heterocycles. The van der Waals surface area contributed by atoms with Crippen molar-refractivity contribution in [3.63, 3.8) is 0 Å². The average molecular weight is 252 g/mol. The molecular formula is C10H12N4O2S. The molecule has 2 aromatic rings. The van der Waals surface area contributed by atoms with Gasteiger partial charge in [-0.15, -0.1) is 11.3 Å². The van der Waals surface area contributed by atoms with E-state index in [1.807, 2.05) is 12.3 Å². The van der Waals surface area contributed by atoms with Gasteiger partial charge in [-0.1, -0.05) is 0 Å². The highest BCUT2D eigenvalue weighted by molar-refractivity contribution is 7.09. The summed E-state index contributed by atoms with van der Waals surface area (Å²) in [4.78, 5) is 27.8. The number of thiazole rings is 1. The number of nitrogens with zero attached hydrogens (tertiary/aromatic N) is 3. The molecule has 2 N–H and O–H groups in total. The Labute approximate surface area is 101 Å². The molecule has 0 unspecified atom stereocenters. The van der Waals surface area contributed by atoms with Gasteiger partial charge < -0.3 is 10.3 Å². The number of aromatic nitrogens is 3. The molecule has 0 radical (unpaired) electrons. The van der Waals surface area contributed by atoms with Gasteiger partial charge in [-0.25, -0.2) is 9.78 Å². The smallest absolute Gasteiger partial charge is 0.331 e. The predicted molar refractivity (Wildman–Crippen MR) is 66.3 cm³/mol. The largest absolute Gasteiger partial charge is 0.393 e. The molecule has 0 atom stereocenters. The van der Waals surface area contributed by atoms with Crippen LogP contribution in [0.1, 0.15) is 10.7 Å². The molecule has 17 heavy (non-hydrogen) atoms. The van der Waals surface area contributed by atoms with Gasteiger partial charge in [0.05, 0.1) is 17.2 Å². The van der Waals surface area contributed by atoms with Crippen molar-refractivity contribution < 1.29 is 0 Å². The third kappa shape index (κ3) is 2.14. The van der Waals surface area contributed by atoms with Crippen molar-refractivity contribution in [1.29, 1.82) is 0 Å². The molecule has 0 aliphatic carbocycles. The highest BCUT2D eigenvalue weighted by Gasteiger charge is 2.09. The molecular weight excluding hydrogens is 240 g/mol. The highest BCUT2D eigenvalue weighted by atomic mass is 32.1. The normalized spacial score (nSPS) is 10.7. The molecule has 0 bridgehead atoms. The Kier molecular flexibility index (Phi) is 2.84. The van der Waals surface area contributed by atoms with Gasteiger partial charge in [-0.2, -0.15) is 0 Å². The standard InChI is InChI=1S/C10H12N4O2S/c1-6-12-7(5-17-6)3-14-9(15)8(11)4-13(2)10(14)16/h4-5H,3,11H2,1-2H3. The molecule has 6 nitrogen and oxygen atoms in total. The molecule has 0 aliphatic rings. The topological polar surface area (TPSA) is 82.9 Å². The number of aryl methyl sites for hydroxylation is 2. The number of rotatable bonds is 2. The van der Waals surface area contributed by atoms with Crippen LogP contribution in [-0.2, 0) is 13.6 Å². The third-order valence-electron chi connectivity index (χ3n) is 2.34. The fourth-order valence-electron chi connectivity index (χ4n) is 1.53. The first-order valence-corrected chi connectivity index (χ1v) is 5.84. The van der Waals surface area contributed by atoms with Crippen LogP contribution in [0.25, 0.3) is 0 Å². The maximum absolute atomic E-state index is 11.8. The summed E-state index contributed by atoms with van der Waals surface area (Å²) in [5.41, 5.74) is 5.42. The summed E-state index contributed by atoms with van der Waals surface area (Å²) in [5.74, 6) is 0. The summed E-state index contributed by atoms with van der Waals surface area (Å²) in [6.45, 7) is 2.02. The van der Waals surface area contributed by atoms with Gasteiger partial charge in [0.1, 0.15) is 5.69 Å². The van der Waals surface area contributed by atoms with Crippen LogP contribution in [0.2, 0.25) is 0 Å². The zero-order chi connectivity index (χ0) is 12.6. The highest BCUT2D eigenvalue weighted by Crippen LogP contribution is 2.08. The fraction of sp³-hybridized carbons (Fsp3) is 0.300. The van der Waals surface area contributed by atoms with E-state index in [2.05, 4.69) is 4.98 Å².